The van der Waals surface area contributed by atoms with E-state index in [4.69, 9.17) is 5.10 Å². The fraction of sp³-hybridized carbons (Fsp3) is 0.400. The lowest BCUT2D eigenvalue weighted by Gasteiger charge is -2.20. The third-order valence-corrected chi connectivity index (χ3v) is 6.73. The average Bonchev–Trinajstić information content (AvgIpc) is 3.18. The number of nitrogens with zero attached hydrogens (tertiary/aromatic N) is 5. The zero-order chi connectivity index (χ0) is 23.4. The van der Waals surface area contributed by atoms with Crippen molar-refractivity contribution in [1.29, 1.82) is 0 Å². The molecule has 4 heterocycles. The van der Waals surface area contributed by atoms with Crippen molar-refractivity contribution in [1.82, 2.24) is 24.5 Å². The number of hydrogen-bond acceptors (Lipinski definition) is 5. The summed E-state index contributed by atoms with van der Waals surface area (Å²) in [5, 5.41) is 12.2. The van der Waals surface area contributed by atoms with Crippen LogP contribution in [0.25, 0.3) is 16.6 Å². The molecule has 4 aromatic rings. The summed E-state index contributed by atoms with van der Waals surface area (Å²) < 4.78 is 17.9. The van der Waals surface area contributed by atoms with Gasteiger partial charge in [-0.05, 0) is 45.2 Å². The van der Waals surface area contributed by atoms with Crippen LogP contribution in [0.3, 0.4) is 0 Å². The lowest BCUT2D eigenvalue weighted by Crippen LogP contribution is -2.34. The number of amides is 1. The van der Waals surface area contributed by atoms with Crippen LogP contribution in [0.1, 0.15) is 42.2 Å². The van der Waals surface area contributed by atoms with Gasteiger partial charge in [0.25, 0.3) is 5.91 Å². The minimum Gasteiger partial charge on any atom is -0.369 e. The third-order valence-electron chi connectivity index (χ3n) is 6.73. The van der Waals surface area contributed by atoms with Gasteiger partial charge in [-0.2, -0.15) is 5.10 Å². The van der Waals surface area contributed by atoms with Crippen molar-refractivity contribution in [2.45, 2.75) is 51.7 Å². The molecule has 176 valence electrons. The first-order chi connectivity index (χ1) is 16.5. The maximum atomic E-state index is 14.5. The summed E-state index contributed by atoms with van der Waals surface area (Å²) in [6, 6.07) is 6.34. The number of aromatic nitrogens is 4. The van der Waals surface area contributed by atoms with E-state index in [0.717, 1.165) is 30.6 Å². The molecular weight excluding hydrogens is 433 g/mol. The molecule has 1 aliphatic carbocycles. The summed E-state index contributed by atoms with van der Waals surface area (Å²) in [5.41, 5.74) is 3.56. The fourth-order valence-electron chi connectivity index (χ4n) is 4.90. The van der Waals surface area contributed by atoms with Crippen LogP contribution in [0.5, 0.6) is 0 Å². The van der Waals surface area contributed by atoms with Gasteiger partial charge in [0.15, 0.2) is 11.5 Å². The molecule has 34 heavy (non-hydrogen) atoms. The molecule has 1 aromatic carbocycles. The Morgan fingerprint density at radius 1 is 1.18 bits per heavy atom. The Morgan fingerprint density at radius 2 is 2.03 bits per heavy atom. The van der Waals surface area contributed by atoms with Gasteiger partial charge in [0.1, 0.15) is 5.52 Å². The minimum atomic E-state index is -0.481. The molecule has 1 saturated carbocycles. The van der Waals surface area contributed by atoms with Crippen molar-refractivity contribution in [2.75, 3.05) is 23.3 Å². The standard InChI is InChI=1S/C25H28FN7O/c1-3-33-14-20-22(31-9-8-17(12-31)28-16-4-5-16)7-6-19(23(20)30-33)25(34)29-18-10-21(26)24-27-15(2)11-32(24)13-18/h6-7,10-11,13-14,16-17,28H,3-5,8-9,12H2,1-2H3,(H,29,34). The Morgan fingerprint density at radius 3 is 2.82 bits per heavy atom. The Balaban J connectivity index is 1.31. The van der Waals surface area contributed by atoms with Gasteiger partial charge >= 0.3 is 0 Å². The zero-order valence-corrected chi connectivity index (χ0v) is 19.4. The number of fused-ring (bicyclic) bond motifs is 2. The second-order valence-corrected chi connectivity index (χ2v) is 9.40. The first-order valence-electron chi connectivity index (χ1n) is 12.0. The highest BCUT2D eigenvalue weighted by Crippen LogP contribution is 2.32. The smallest absolute Gasteiger partial charge is 0.257 e. The van der Waals surface area contributed by atoms with E-state index in [1.165, 1.54) is 18.9 Å². The Hall–Kier alpha value is -3.46. The molecule has 2 N–H and O–H groups in total. The van der Waals surface area contributed by atoms with Crippen LogP contribution < -0.4 is 15.5 Å². The minimum absolute atomic E-state index is 0.240. The van der Waals surface area contributed by atoms with E-state index < -0.39 is 5.82 Å². The van der Waals surface area contributed by atoms with Crippen LogP contribution in [0.4, 0.5) is 15.8 Å². The van der Waals surface area contributed by atoms with E-state index >= 15 is 0 Å². The van der Waals surface area contributed by atoms with Gasteiger partial charge in [-0.3, -0.25) is 9.48 Å². The molecule has 1 aliphatic heterocycles. The third kappa shape index (κ3) is 3.79. The predicted octanol–water partition coefficient (Wildman–Crippen LogP) is 3.73. The van der Waals surface area contributed by atoms with Crippen LogP contribution in [0.15, 0.2) is 36.8 Å². The van der Waals surface area contributed by atoms with Crippen LogP contribution in [0.2, 0.25) is 0 Å². The number of benzene rings is 1. The number of imidazole rings is 1. The molecule has 1 unspecified atom stereocenters. The Bertz CT molecular complexity index is 1400. The van der Waals surface area contributed by atoms with Gasteiger partial charge < -0.3 is 19.9 Å². The number of aryl methyl sites for hydroxylation is 2. The highest BCUT2D eigenvalue weighted by atomic mass is 19.1. The molecule has 0 spiro atoms. The number of halogens is 1. The van der Waals surface area contributed by atoms with Crippen molar-refractivity contribution in [3.05, 3.63) is 53.9 Å². The van der Waals surface area contributed by atoms with Crippen LogP contribution in [-0.4, -0.2) is 50.2 Å². The normalized spacial score (nSPS) is 18.3. The molecule has 2 aliphatic rings. The molecule has 0 bridgehead atoms. The molecule has 9 heteroatoms. The highest BCUT2D eigenvalue weighted by Gasteiger charge is 2.30. The van der Waals surface area contributed by atoms with Crippen molar-refractivity contribution < 1.29 is 9.18 Å². The monoisotopic (exact) mass is 461 g/mol. The summed E-state index contributed by atoms with van der Waals surface area (Å²) in [4.78, 5) is 19.8. The first kappa shape index (κ1) is 21.1. The van der Waals surface area contributed by atoms with Crippen molar-refractivity contribution in [2.24, 2.45) is 0 Å². The van der Waals surface area contributed by atoms with Crippen molar-refractivity contribution in [3.8, 4) is 0 Å². The van der Waals surface area contributed by atoms with Gasteiger partial charge in [0.05, 0.1) is 16.9 Å². The van der Waals surface area contributed by atoms with E-state index in [-0.39, 0.29) is 11.6 Å². The van der Waals surface area contributed by atoms with Crippen LogP contribution in [0, 0.1) is 12.7 Å². The van der Waals surface area contributed by atoms with Gasteiger partial charge in [-0.15, -0.1) is 0 Å². The van der Waals surface area contributed by atoms with Gasteiger partial charge in [-0.25, -0.2) is 9.37 Å². The molecule has 8 nitrogen and oxygen atoms in total. The molecule has 1 saturated heterocycles. The molecule has 1 amide bonds. The summed E-state index contributed by atoms with van der Waals surface area (Å²) in [6.45, 7) is 6.48. The van der Waals surface area contributed by atoms with Gasteiger partial charge in [0, 0.05) is 67.4 Å². The van der Waals surface area contributed by atoms with E-state index in [9.17, 15) is 9.18 Å². The lowest BCUT2D eigenvalue weighted by molar-refractivity contribution is 0.102. The number of carbonyl (C=O) groups is 1. The quantitative estimate of drug-likeness (QED) is 0.457. The number of hydrogen-bond donors (Lipinski definition) is 2. The largest absolute Gasteiger partial charge is 0.369 e. The van der Waals surface area contributed by atoms with E-state index in [1.54, 1.807) is 23.7 Å². The summed E-state index contributed by atoms with van der Waals surface area (Å²) in [7, 11) is 0. The SMILES string of the molecule is CCn1cc2c(N3CCC(NC4CC4)C3)ccc(C(=O)Nc3cc(F)c4nc(C)cn4c3)c2n1. The van der Waals surface area contributed by atoms with Gasteiger partial charge in [0.2, 0.25) is 0 Å². The molecular formula is C25H28FN7O. The van der Waals surface area contributed by atoms with Crippen LogP contribution in [-0.2, 0) is 6.54 Å². The lowest BCUT2D eigenvalue weighted by atomic mass is 10.1. The van der Waals surface area contributed by atoms with E-state index in [1.807, 2.05) is 29.9 Å². The number of anilines is 2. The second kappa shape index (κ2) is 8.09. The average molecular weight is 462 g/mol. The predicted molar refractivity (Wildman–Crippen MR) is 130 cm³/mol. The van der Waals surface area contributed by atoms with E-state index in [2.05, 4.69) is 20.5 Å². The topological polar surface area (TPSA) is 79.5 Å². The fourth-order valence-corrected chi connectivity index (χ4v) is 4.90. The second-order valence-electron chi connectivity index (χ2n) is 9.40. The summed E-state index contributed by atoms with van der Waals surface area (Å²) in [5.74, 6) is -0.798. The summed E-state index contributed by atoms with van der Waals surface area (Å²) >= 11 is 0. The highest BCUT2D eigenvalue weighted by molar-refractivity contribution is 6.13. The Kier molecular flexibility index (Phi) is 5.02. The van der Waals surface area contributed by atoms with Crippen molar-refractivity contribution in [3.63, 3.8) is 0 Å². The number of pyridine rings is 1. The summed E-state index contributed by atoms with van der Waals surface area (Å²) in [6.07, 6.45) is 9.10. The Labute approximate surface area is 196 Å². The number of carbonyl (C=O) groups excluding carboxylic acids is 1. The molecule has 0 radical (unpaired) electrons. The number of rotatable bonds is 6. The first-order valence-corrected chi connectivity index (χ1v) is 12.0. The molecule has 6 rings (SSSR count). The zero-order valence-electron chi connectivity index (χ0n) is 19.4. The maximum Gasteiger partial charge on any atom is 0.257 e. The van der Waals surface area contributed by atoms with Gasteiger partial charge in [-0.1, -0.05) is 0 Å². The number of nitrogens with one attached hydrogen (secondary N) is 2. The van der Waals surface area contributed by atoms with Crippen molar-refractivity contribution >= 4 is 33.8 Å². The molecule has 1 atom stereocenters. The molecule has 3 aromatic heterocycles. The van der Waals surface area contributed by atoms with Crippen LogP contribution >= 0.6 is 0 Å². The van der Waals surface area contributed by atoms with E-state index in [0.29, 0.717) is 41.1 Å². The maximum absolute atomic E-state index is 14.5. The molecule has 2 fully saturated rings.